The van der Waals surface area contributed by atoms with Crippen LogP contribution in [0.3, 0.4) is 0 Å². The summed E-state index contributed by atoms with van der Waals surface area (Å²) >= 11 is 0. The fourth-order valence-electron chi connectivity index (χ4n) is 2.76. The number of allylic oxidation sites excluding steroid dienone is 1. The Morgan fingerprint density at radius 2 is 1.87 bits per heavy atom. The molecule has 0 saturated carbocycles. The van der Waals surface area contributed by atoms with E-state index in [2.05, 4.69) is 6.58 Å². The molecule has 23 heavy (non-hydrogen) atoms. The molecule has 0 bridgehead atoms. The van der Waals surface area contributed by atoms with Crippen LogP contribution in [0.1, 0.15) is 30.7 Å². The molecular formula is C17H20F3NO2. The largest absolute Gasteiger partial charge is 0.417 e. The molecule has 0 aromatic heterocycles. The Morgan fingerprint density at radius 1 is 1.30 bits per heavy atom. The third-order valence-electron chi connectivity index (χ3n) is 4.38. The first-order valence-electron chi connectivity index (χ1n) is 7.51. The number of hydrogen-bond donors (Lipinski definition) is 1. The molecule has 0 radical (unpaired) electrons. The van der Waals surface area contributed by atoms with Crippen LogP contribution in [-0.4, -0.2) is 40.8 Å². The molecule has 1 aliphatic heterocycles. The van der Waals surface area contributed by atoms with E-state index in [1.54, 1.807) is 6.08 Å². The van der Waals surface area contributed by atoms with Crippen LogP contribution in [0.5, 0.6) is 0 Å². The average molecular weight is 327 g/mol. The Kier molecular flexibility index (Phi) is 5.14. The zero-order valence-electron chi connectivity index (χ0n) is 12.7. The molecule has 1 aromatic carbocycles. The molecule has 1 aliphatic rings. The lowest BCUT2D eigenvalue weighted by Crippen LogP contribution is -2.54. The molecule has 126 valence electrons. The van der Waals surface area contributed by atoms with E-state index in [0.717, 1.165) is 5.56 Å². The Bertz CT molecular complexity index is 549. The standard InChI is InChI=1S/C17H20F3NO2/c1-2-13(14-6-4-3-5-7-14)12-15(22)21-10-8-16(23,9-11-21)17(18,19)20/h2-7,13,23H,1,8-12H2. The van der Waals surface area contributed by atoms with Gasteiger partial charge in [-0.1, -0.05) is 36.4 Å². The number of nitrogens with zero attached hydrogens (tertiary/aromatic N) is 1. The maximum Gasteiger partial charge on any atom is 0.417 e. The third kappa shape index (κ3) is 3.93. The van der Waals surface area contributed by atoms with Crippen LogP contribution >= 0.6 is 0 Å². The summed E-state index contributed by atoms with van der Waals surface area (Å²) in [4.78, 5) is 13.7. The molecule has 6 heteroatoms. The Hall–Kier alpha value is -1.82. The highest BCUT2D eigenvalue weighted by Crippen LogP contribution is 2.38. The molecule has 3 nitrogen and oxygen atoms in total. The molecule has 1 amide bonds. The number of aliphatic hydroxyl groups is 1. The predicted molar refractivity (Wildman–Crippen MR) is 80.8 cm³/mol. The van der Waals surface area contributed by atoms with Gasteiger partial charge >= 0.3 is 6.18 Å². The van der Waals surface area contributed by atoms with Gasteiger partial charge in [0.25, 0.3) is 0 Å². The number of benzene rings is 1. The highest BCUT2D eigenvalue weighted by molar-refractivity contribution is 5.77. The SMILES string of the molecule is C=CC(CC(=O)N1CCC(O)(C(F)(F)F)CC1)c1ccccc1. The second-order valence-corrected chi connectivity index (χ2v) is 5.87. The molecule has 1 atom stereocenters. The van der Waals surface area contributed by atoms with Crippen molar-refractivity contribution < 1.29 is 23.1 Å². The fraction of sp³-hybridized carbons (Fsp3) is 0.471. The van der Waals surface area contributed by atoms with Crippen molar-refractivity contribution >= 4 is 5.91 Å². The zero-order valence-corrected chi connectivity index (χ0v) is 12.7. The van der Waals surface area contributed by atoms with Crippen molar-refractivity contribution in [1.82, 2.24) is 4.90 Å². The van der Waals surface area contributed by atoms with Gasteiger partial charge in [-0.15, -0.1) is 6.58 Å². The van der Waals surface area contributed by atoms with E-state index in [-0.39, 0.29) is 31.3 Å². The maximum atomic E-state index is 12.8. The minimum atomic E-state index is -4.66. The molecule has 0 spiro atoms. The van der Waals surface area contributed by atoms with Gasteiger partial charge < -0.3 is 10.0 Å². The van der Waals surface area contributed by atoms with Gasteiger partial charge in [-0.25, -0.2) is 0 Å². The quantitative estimate of drug-likeness (QED) is 0.862. The second kappa shape index (κ2) is 6.74. The molecule has 1 fully saturated rings. The van der Waals surface area contributed by atoms with Crippen molar-refractivity contribution in [3.8, 4) is 0 Å². The lowest BCUT2D eigenvalue weighted by molar-refractivity contribution is -0.272. The van der Waals surface area contributed by atoms with Gasteiger partial charge in [0, 0.05) is 38.3 Å². The number of rotatable bonds is 4. The minimum absolute atomic E-state index is 0.0898. The average Bonchev–Trinajstić information content (AvgIpc) is 2.53. The van der Waals surface area contributed by atoms with Crippen molar-refractivity contribution in [2.75, 3.05) is 13.1 Å². The number of hydrogen-bond acceptors (Lipinski definition) is 2. The van der Waals surface area contributed by atoms with Crippen molar-refractivity contribution in [3.63, 3.8) is 0 Å². The summed E-state index contributed by atoms with van der Waals surface area (Å²) in [7, 11) is 0. The topological polar surface area (TPSA) is 40.5 Å². The van der Waals surface area contributed by atoms with Gasteiger partial charge in [0.2, 0.25) is 5.91 Å². The van der Waals surface area contributed by atoms with E-state index < -0.39 is 24.6 Å². The summed E-state index contributed by atoms with van der Waals surface area (Å²) < 4.78 is 38.3. The van der Waals surface area contributed by atoms with E-state index in [1.807, 2.05) is 30.3 Å². The van der Waals surface area contributed by atoms with E-state index >= 15 is 0 Å². The monoisotopic (exact) mass is 327 g/mol. The lowest BCUT2D eigenvalue weighted by Gasteiger charge is -2.39. The zero-order chi connectivity index (χ0) is 17.1. The van der Waals surface area contributed by atoms with E-state index in [4.69, 9.17) is 0 Å². The molecule has 1 aromatic rings. The maximum absolute atomic E-state index is 12.8. The number of piperidine rings is 1. The van der Waals surface area contributed by atoms with Crippen molar-refractivity contribution in [2.24, 2.45) is 0 Å². The van der Waals surface area contributed by atoms with Crippen molar-refractivity contribution in [3.05, 3.63) is 48.6 Å². The fourth-order valence-corrected chi connectivity index (χ4v) is 2.76. The summed E-state index contributed by atoms with van der Waals surface area (Å²) in [6.45, 7) is 3.55. The Morgan fingerprint density at radius 3 is 2.35 bits per heavy atom. The summed E-state index contributed by atoms with van der Waals surface area (Å²) in [5.41, 5.74) is -1.74. The first-order valence-corrected chi connectivity index (χ1v) is 7.51. The first-order chi connectivity index (χ1) is 10.8. The Labute approximate surface area is 133 Å². The lowest BCUT2D eigenvalue weighted by atomic mass is 9.89. The van der Waals surface area contributed by atoms with Crippen LogP contribution in [-0.2, 0) is 4.79 Å². The number of carbonyl (C=O) groups is 1. The van der Waals surface area contributed by atoms with E-state index in [0.29, 0.717) is 0 Å². The third-order valence-corrected chi connectivity index (χ3v) is 4.38. The van der Waals surface area contributed by atoms with Crippen LogP contribution in [0.4, 0.5) is 13.2 Å². The molecule has 1 unspecified atom stereocenters. The summed E-state index contributed by atoms with van der Waals surface area (Å²) in [6.07, 6.45) is -3.78. The highest BCUT2D eigenvalue weighted by Gasteiger charge is 2.54. The molecule has 2 rings (SSSR count). The van der Waals surface area contributed by atoms with Crippen LogP contribution in [0.25, 0.3) is 0 Å². The first kappa shape index (κ1) is 17.5. The number of amides is 1. The van der Waals surface area contributed by atoms with Gasteiger partial charge in [0.05, 0.1) is 0 Å². The normalized spacial score (nSPS) is 19.2. The Balaban J connectivity index is 1.96. The molecule has 1 heterocycles. The number of carbonyl (C=O) groups excluding carboxylic acids is 1. The van der Waals surface area contributed by atoms with E-state index in [1.165, 1.54) is 4.90 Å². The van der Waals surface area contributed by atoms with Crippen molar-refractivity contribution in [2.45, 2.75) is 37.0 Å². The molecule has 0 aliphatic carbocycles. The summed E-state index contributed by atoms with van der Waals surface area (Å²) in [5, 5.41) is 9.63. The molecule has 1 saturated heterocycles. The van der Waals surface area contributed by atoms with Gasteiger partial charge in [0.1, 0.15) is 0 Å². The van der Waals surface area contributed by atoms with Crippen LogP contribution in [0.2, 0.25) is 0 Å². The highest BCUT2D eigenvalue weighted by atomic mass is 19.4. The number of likely N-dealkylation sites (tertiary alicyclic amines) is 1. The summed E-state index contributed by atoms with van der Waals surface area (Å²) in [6, 6.07) is 9.37. The van der Waals surface area contributed by atoms with Crippen LogP contribution in [0, 0.1) is 0 Å². The second-order valence-electron chi connectivity index (χ2n) is 5.87. The van der Waals surface area contributed by atoms with Crippen molar-refractivity contribution in [1.29, 1.82) is 0 Å². The van der Waals surface area contributed by atoms with E-state index in [9.17, 15) is 23.1 Å². The molecular weight excluding hydrogens is 307 g/mol. The number of halogens is 3. The smallest absolute Gasteiger partial charge is 0.380 e. The van der Waals surface area contributed by atoms with Gasteiger partial charge in [0.15, 0.2) is 5.60 Å². The summed E-state index contributed by atoms with van der Waals surface area (Å²) in [5.74, 6) is -0.393. The number of alkyl halides is 3. The minimum Gasteiger partial charge on any atom is -0.380 e. The van der Waals surface area contributed by atoms with Gasteiger partial charge in [-0.3, -0.25) is 4.79 Å². The van der Waals surface area contributed by atoms with Crippen LogP contribution < -0.4 is 0 Å². The molecule has 1 N–H and O–H groups in total. The predicted octanol–water partition coefficient (Wildman–Crippen LogP) is 3.26. The van der Waals surface area contributed by atoms with Gasteiger partial charge in [-0.05, 0) is 5.56 Å². The van der Waals surface area contributed by atoms with Gasteiger partial charge in [-0.2, -0.15) is 13.2 Å². The van der Waals surface area contributed by atoms with Crippen LogP contribution in [0.15, 0.2) is 43.0 Å².